The largest absolute Gasteiger partial charge is 0.354 e. The molecule has 16 heavy (non-hydrogen) atoms. The van der Waals surface area contributed by atoms with Crippen LogP contribution in [0.15, 0.2) is 4.47 Å². The van der Waals surface area contributed by atoms with Gasteiger partial charge in [-0.15, -0.1) is 0 Å². The number of aromatic nitrogens is 2. The lowest BCUT2D eigenvalue weighted by molar-refractivity contribution is -0.121. The van der Waals surface area contributed by atoms with Crippen molar-refractivity contribution in [2.75, 3.05) is 6.54 Å². The van der Waals surface area contributed by atoms with Crippen molar-refractivity contribution in [1.82, 2.24) is 15.1 Å². The Balaban J connectivity index is 2.53. The highest BCUT2D eigenvalue weighted by Gasteiger charge is 2.11. The highest BCUT2D eigenvalue weighted by molar-refractivity contribution is 9.10. The van der Waals surface area contributed by atoms with Gasteiger partial charge in [-0.3, -0.25) is 9.48 Å². The summed E-state index contributed by atoms with van der Waals surface area (Å²) in [4.78, 5) is 11.6. The summed E-state index contributed by atoms with van der Waals surface area (Å²) in [5.74, 6) is 0.0200. The lowest BCUT2D eigenvalue weighted by Gasteiger charge is -2.05. The Morgan fingerprint density at radius 3 is 2.69 bits per heavy atom. The van der Waals surface area contributed by atoms with E-state index in [0.717, 1.165) is 35.2 Å². The van der Waals surface area contributed by atoms with Crippen molar-refractivity contribution in [3.8, 4) is 0 Å². The summed E-state index contributed by atoms with van der Waals surface area (Å²) in [5.41, 5.74) is 1.90. The zero-order valence-corrected chi connectivity index (χ0v) is 11.6. The molecule has 5 heteroatoms. The predicted octanol–water partition coefficient (Wildman–Crippen LogP) is 2.18. The molecule has 1 aromatic heterocycles. The molecule has 4 nitrogen and oxygen atoms in total. The molecule has 0 aliphatic carbocycles. The van der Waals surface area contributed by atoms with Crippen LogP contribution in [0, 0.1) is 13.8 Å². The van der Waals surface area contributed by atoms with Crippen LogP contribution in [0.5, 0.6) is 0 Å². The highest BCUT2D eigenvalue weighted by atomic mass is 79.9. The second-order valence-corrected chi connectivity index (χ2v) is 4.64. The zero-order valence-electron chi connectivity index (χ0n) is 10.0. The second-order valence-electron chi connectivity index (χ2n) is 3.85. The first-order valence-corrected chi connectivity index (χ1v) is 6.31. The number of nitrogens with one attached hydrogen (secondary N) is 1. The van der Waals surface area contributed by atoms with Gasteiger partial charge in [-0.2, -0.15) is 5.10 Å². The molecular weight excluding hydrogens is 270 g/mol. The van der Waals surface area contributed by atoms with E-state index in [0.29, 0.717) is 6.54 Å². The first-order valence-electron chi connectivity index (χ1n) is 5.52. The van der Waals surface area contributed by atoms with Crippen LogP contribution in [-0.4, -0.2) is 22.2 Å². The number of unbranched alkanes of at least 4 members (excludes halogenated alkanes) is 1. The van der Waals surface area contributed by atoms with Crippen LogP contribution < -0.4 is 5.32 Å². The van der Waals surface area contributed by atoms with E-state index in [4.69, 9.17) is 0 Å². The molecule has 0 bridgehead atoms. The standard InChI is InChI=1S/C11H18BrN3O/c1-4-5-6-13-10(16)7-15-9(3)11(12)8(2)14-15/h4-7H2,1-3H3,(H,13,16). The Bertz CT molecular complexity index is 374. The zero-order chi connectivity index (χ0) is 12.1. The van der Waals surface area contributed by atoms with Gasteiger partial charge in [-0.05, 0) is 36.2 Å². The number of amides is 1. The fraction of sp³-hybridized carbons (Fsp3) is 0.636. The van der Waals surface area contributed by atoms with Gasteiger partial charge in [0.15, 0.2) is 0 Å². The molecule has 1 amide bonds. The van der Waals surface area contributed by atoms with E-state index >= 15 is 0 Å². The monoisotopic (exact) mass is 287 g/mol. The molecule has 1 rings (SSSR count). The average molecular weight is 288 g/mol. The van der Waals surface area contributed by atoms with E-state index in [-0.39, 0.29) is 5.91 Å². The Kier molecular flexibility index (Phi) is 4.99. The van der Waals surface area contributed by atoms with E-state index in [1.807, 2.05) is 13.8 Å². The van der Waals surface area contributed by atoms with Crippen molar-refractivity contribution in [1.29, 1.82) is 0 Å². The highest BCUT2D eigenvalue weighted by Crippen LogP contribution is 2.19. The first kappa shape index (κ1) is 13.2. The van der Waals surface area contributed by atoms with Gasteiger partial charge in [0.2, 0.25) is 5.91 Å². The molecular formula is C11H18BrN3O. The summed E-state index contributed by atoms with van der Waals surface area (Å²) < 4.78 is 2.70. The number of carbonyl (C=O) groups excluding carboxylic acids is 1. The minimum Gasteiger partial charge on any atom is -0.354 e. The number of nitrogens with zero attached hydrogens (tertiary/aromatic N) is 2. The average Bonchev–Trinajstić information content (AvgIpc) is 2.47. The van der Waals surface area contributed by atoms with Crippen LogP contribution in [0.4, 0.5) is 0 Å². The van der Waals surface area contributed by atoms with Crippen molar-refractivity contribution in [2.45, 2.75) is 40.2 Å². The van der Waals surface area contributed by atoms with Crippen molar-refractivity contribution < 1.29 is 4.79 Å². The predicted molar refractivity (Wildman–Crippen MR) is 67.3 cm³/mol. The van der Waals surface area contributed by atoms with Crippen LogP contribution in [-0.2, 0) is 11.3 Å². The molecule has 0 aliphatic heterocycles. The minimum absolute atomic E-state index is 0.0200. The van der Waals surface area contributed by atoms with Crippen LogP contribution in [0.3, 0.4) is 0 Å². The summed E-state index contributed by atoms with van der Waals surface area (Å²) in [7, 11) is 0. The molecule has 0 saturated carbocycles. The Morgan fingerprint density at radius 1 is 1.50 bits per heavy atom. The molecule has 0 radical (unpaired) electrons. The molecule has 0 unspecified atom stereocenters. The summed E-state index contributed by atoms with van der Waals surface area (Å²) in [5, 5.41) is 7.16. The van der Waals surface area contributed by atoms with Gasteiger partial charge in [0.05, 0.1) is 15.9 Å². The van der Waals surface area contributed by atoms with Crippen LogP contribution in [0.2, 0.25) is 0 Å². The normalized spacial score (nSPS) is 10.5. The molecule has 0 aliphatic rings. The van der Waals surface area contributed by atoms with Crippen molar-refractivity contribution in [3.63, 3.8) is 0 Å². The van der Waals surface area contributed by atoms with Crippen molar-refractivity contribution in [2.24, 2.45) is 0 Å². The van der Waals surface area contributed by atoms with Gasteiger partial charge in [0.1, 0.15) is 6.54 Å². The van der Waals surface area contributed by atoms with Crippen LogP contribution in [0.1, 0.15) is 31.2 Å². The summed E-state index contributed by atoms with van der Waals surface area (Å²) in [6.07, 6.45) is 2.11. The third-order valence-corrected chi connectivity index (χ3v) is 3.59. The van der Waals surface area contributed by atoms with Crippen LogP contribution >= 0.6 is 15.9 Å². The van der Waals surface area contributed by atoms with Crippen LogP contribution in [0.25, 0.3) is 0 Å². The van der Waals surface area contributed by atoms with Gasteiger partial charge >= 0.3 is 0 Å². The number of hydrogen-bond donors (Lipinski definition) is 1. The lowest BCUT2D eigenvalue weighted by Crippen LogP contribution is -2.29. The molecule has 1 heterocycles. The fourth-order valence-corrected chi connectivity index (χ4v) is 1.71. The molecule has 0 spiro atoms. The van der Waals surface area contributed by atoms with Gasteiger partial charge in [-0.25, -0.2) is 0 Å². The molecule has 1 N–H and O–H groups in total. The quantitative estimate of drug-likeness (QED) is 0.844. The third-order valence-electron chi connectivity index (χ3n) is 2.44. The van der Waals surface area contributed by atoms with E-state index in [1.165, 1.54) is 0 Å². The van der Waals surface area contributed by atoms with E-state index in [2.05, 4.69) is 33.3 Å². The molecule has 1 aromatic rings. The third kappa shape index (κ3) is 3.33. The number of carbonyl (C=O) groups is 1. The topological polar surface area (TPSA) is 46.9 Å². The van der Waals surface area contributed by atoms with Gasteiger partial charge in [0.25, 0.3) is 0 Å². The SMILES string of the molecule is CCCCNC(=O)Cn1nc(C)c(Br)c1C. The van der Waals surface area contributed by atoms with Crippen molar-refractivity contribution >= 4 is 21.8 Å². The van der Waals surface area contributed by atoms with Crippen molar-refractivity contribution in [3.05, 3.63) is 15.9 Å². The van der Waals surface area contributed by atoms with E-state index < -0.39 is 0 Å². The summed E-state index contributed by atoms with van der Waals surface area (Å²) in [6, 6.07) is 0. The molecule has 90 valence electrons. The smallest absolute Gasteiger partial charge is 0.241 e. The van der Waals surface area contributed by atoms with E-state index in [1.54, 1.807) is 4.68 Å². The summed E-state index contributed by atoms with van der Waals surface area (Å²) >= 11 is 3.44. The first-order chi connectivity index (χ1) is 7.56. The van der Waals surface area contributed by atoms with Gasteiger partial charge in [0, 0.05) is 6.54 Å². The Labute approximate surface area is 105 Å². The second kappa shape index (κ2) is 6.03. The Hall–Kier alpha value is -0.840. The number of halogens is 1. The molecule has 0 saturated heterocycles. The fourth-order valence-electron chi connectivity index (χ4n) is 1.43. The Morgan fingerprint density at radius 2 is 2.19 bits per heavy atom. The number of hydrogen-bond acceptors (Lipinski definition) is 2. The van der Waals surface area contributed by atoms with Gasteiger partial charge < -0.3 is 5.32 Å². The maximum atomic E-state index is 11.6. The summed E-state index contributed by atoms with van der Waals surface area (Å²) in [6.45, 7) is 7.01. The van der Waals surface area contributed by atoms with Gasteiger partial charge in [-0.1, -0.05) is 13.3 Å². The molecule has 0 aromatic carbocycles. The molecule has 0 fully saturated rings. The maximum Gasteiger partial charge on any atom is 0.241 e. The van der Waals surface area contributed by atoms with E-state index in [9.17, 15) is 4.79 Å². The molecule has 0 atom stereocenters. The lowest BCUT2D eigenvalue weighted by atomic mass is 10.3. The maximum absolute atomic E-state index is 11.6. The number of rotatable bonds is 5. The number of aryl methyl sites for hydroxylation is 1. The minimum atomic E-state index is 0.0200.